The van der Waals surface area contributed by atoms with E-state index in [1.165, 1.54) is 5.56 Å². The minimum atomic E-state index is 0.129. The summed E-state index contributed by atoms with van der Waals surface area (Å²) in [5, 5.41) is 8.04. The maximum atomic E-state index is 4.45. The number of para-hydroxylation sites is 1. The summed E-state index contributed by atoms with van der Waals surface area (Å²) in [6.45, 7) is 7.58. The number of likely N-dealkylation sites (N-methyl/N-ethyl adjacent to an activating group) is 1. The van der Waals surface area contributed by atoms with Crippen LogP contribution >= 0.6 is 0 Å². The molecule has 4 nitrogen and oxygen atoms in total. The van der Waals surface area contributed by atoms with E-state index in [9.17, 15) is 0 Å². The van der Waals surface area contributed by atoms with Crippen LogP contribution in [0.4, 0.5) is 0 Å². The molecular weight excluding hydrogens is 260 g/mol. The van der Waals surface area contributed by atoms with E-state index in [-0.39, 0.29) is 11.6 Å². The fourth-order valence-electron chi connectivity index (χ4n) is 1.96. The van der Waals surface area contributed by atoms with Crippen molar-refractivity contribution in [3.05, 3.63) is 48.3 Å². The summed E-state index contributed by atoms with van der Waals surface area (Å²) in [5.41, 5.74) is 2.42. The lowest BCUT2D eigenvalue weighted by molar-refractivity contribution is 0.185. The van der Waals surface area contributed by atoms with Gasteiger partial charge in [0.2, 0.25) is 0 Å². The van der Waals surface area contributed by atoms with Gasteiger partial charge in [-0.05, 0) is 47.0 Å². The van der Waals surface area contributed by atoms with Gasteiger partial charge < -0.3 is 10.2 Å². The standard InChI is InChI=1S/C17H26N4/c1-14(18-13-17(2,3)20(4)5)15-11-19-21(12-15)16-9-7-6-8-10-16/h6-12,14,18H,13H2,1-5H3. The molecule has 21 heavy (non-hydrogen) atoms. The molecule has 1 atom stereocenters. The number of nitrogens with one attached hydrogen (secondary N) is 1. The van der Waals surface area contributed by atoms with Gasteiger partial charge in [0.05, 0.1) is 11.9 Å². The van der Waals surface area contributed by atoms with Crippen molar-refractivity contribution in [1.29, 1.82) is 0 Å². The van der Waals surface area contributed by atoms with Crippen molar-refractivity contribution in [3.63, 3.8) is 0 Å². The Morgan fingerprint density at radius 2 is 1.90 bits per heavy atom. The smallest absolute Gasteiger partial charge is 0.0645 e. The zero-order chi connectivity index (χ0) is 15.5. The number of aromatic nitrogens is 2. The summed E-state index contributed by atoms with van der Waals surface area (Å²) < 4.78 is 1.92. The summed E-state index contributed by atoms with van der Waals surface area (Å²) in [5.74, 6) is 0. The maximum Gasteiger partial charge on any atom is 0.0645 e. The van der Waals surface area contributed by atoms with E-state index in [0.29, 0.717) is 0 Å². The Hall–Kier alpha value is -1.65. The van der Waals surface area contributed by atoms with Crippen LogP contribution in [-0.4, -0.2) is 40.9 Å². The summed E-state index contributed by atoms with van der Waals surface area (Å²) in [4.78, 5) is 2.24. The van der Waals surface area contributed by atoms with Gasteiger partial charge in [0.25, 0.3) is 0 Å². The molecule has 0 aliphatic heterocycles. The van der Waals surface area contributed by atoms with Crippen LogP contribution in [0.5, 0.6) is 0 Å². The monoisotopic (exact) mass is 286 g/mol. The van der Waals surface area contributed by atoms with Crippen LogP contribution in [0, 0.1) is 0 Å². The predicted octanol–water partition coefficient (Wildman–Crippen LogP) is 2.86. The van der Waals surface area contributed by atoms with E-state index >= 15 is 0 Å². The lowest BCUT2D eigenvalue weighted by Crippen LogP contribution is -2.47. The van der Waals surface area contributed by atoms with Crippen molar-refractivity contribution in [1.82, 2.24) is 20.0 Å². The molecule has 0 aliphatic carbocycles. The van der Waals surface area contributed by atoms with Gasteiger partial charge in [-0.1, -0.05) is 18.2 Å². The second-order valence-electron chi connectivity index (χ2n) is 6.36. The van der Waals surface area contributed by atoms with Crippen molar-refractivity contribution in [2.45, 2.75) is 32.4 Å². The van der Waals surface area contributed by atoms with E-state index in [1.807, 2.05) is 29.1 Å². The minimum absolute atomic E-state index is 0.129. The van der Waals surface area contributed by atoms with Gasteiger partial charge in [-0.2, -0.15) is 5.10 Å². The molecule has 1 heterocycles. The molecule has 0 fully saturated rings. The first-order valence-electron chi connectivity index (χ1n) is 7.41. The second-order valence-corrected chi connectivity index (χ2v) is 6.36. The molecule has 4 heteroatoms. The highest BCUT2D eigenvalue weighted by molar-refractivity contribution is 5.31. The summed E-state index contributed by atoms with van der Waals surface area (Å²) in [6.07, 6.45) is 4.03. The maximum absolute atomic E-state index is 4.45. The lowest BCUT2D eigenvalue weighted by atomic mass is 10.0. The Balaban J connectivity index is 2.01. The lowest BCUT2D eigenvalue weighted by Gasteiger charge is -2.33. The van der Waals surface area contributed by atoms with Crippen molar-refractivity contribution in [2.75, 3.05) is 20.6 Å². The Morgan fingerprint density at radius 1 is 1.24 bits per heavy atom. The fourth-order valence-corrected chi connectivity index (χ4v) is 1.96. The first-order valence-corrected chi connectivity index (χ1v) is 7.41. The predicted molar refractivity (Wildman–Crippen MR) is 87.7 cm³/mol. The average Bonchev–Trinajstić information content (AvgIpc) is 2.95. The van der Waals surface area contributed by atoms with Gasteiger partial charge in [0.1, 0.15) is 0 Å². The Labute approximate surface area is 127 Å². The number of hydrogen-bond donors (Lipinski definition) is 1. The van der Waals surface area contributed by atoms with Crippen LogP contribution in [-0.2, 0) is 0 Å². The summed E-state index contributed by atoms with van der Waals surface area (Å²) in [7, 11) is 4.22. The number of rotatable bonds is 6. The molecule has 1 aromatic heterocycles. The zero-order valence-corrected chi connectivity index (χ0v) is 13.7. The highest BCUT2D eigenvalue weighted by atomic mass is 15.3. The van der Waals surface area contributed by atoms with E-state index in [4.69, 9.17) is 0 Å². The van der Waals surface area contributed by atoms with E-state index < -0.39 is 0 Å². The van der Waals surface area contributed by atoms with Crippen LogP contribution in [0.1, 0.15) is 32.4 Å². The molecule has 0 saturated carbocycles. The summed E-state index contributed by atoms with van der Waals surface area (Å²) >= 11 is 0. The van der Waals surface area contributed by atoms with E-state index in [0.717, 1.165) is 12.2 Å². The van der Waals surface area contributed by atoms with Gasteiger partial charge in [-0.3, -0.25) is 0 Å². The minimum Gasteiger partial charge on any atom is -0.308 e. The van der Waals surface area contributed by atoms with Gasteiger partial charge in [0.15, 0.2) is 0 Å². The van der Waals surface area contributed by atoms with Gasteiger partial charge in [-0.25, -0.2) is 4.68 Å². The van der Waals surface area contributed by atoms with Crippen LogP contribution in [0.2, 0.25) is 0 Å². The third-order valence-corrected chi connectivity index (χ3v) is 4.17. The molecule has 0 radical (unpaired) electrons. The molecule has 0 aliphatic rings. The zero-order valence-electron chi connectivity index (χ0n) is 13.7. The number of hydrogen-bond acceptors (Lipinski definition) is 3. The van der Waals surface area contributed by atoms with Crippen molar-refractivity contribution in [2.24, 2.45) is 0 Å². The third-order valence-electron chi connectivity index (χ3n) is 4.17. The van der Waals surface area contributed by atoms with Crippen molar-refractivity contribution >= 4 is 0 Å². The molecule has 0 bridgehead atoms. The van der Waals surface area contributed by atoms with Crippen molar-refractivity contribution < 1.29 is 0 Å². The first kappa shape index (κ1) is 15.7. The highest BCUT2D eigenvalue weighted by Gasteiger charge is 2.21. The number of benzene rings is 1. The molecule has 1 aromatic carbocycles. The summed E-state index contributed by atoms with van der Waals surface area (Å²) in [6, 6.07) is 10.5. The molecule has 2 rings (SSSR count). The quantitative estimate of drug-likeness (QED) is 0.886. The number of nitrogens with zero attached hydrogens (tertiary/aromatic N) is 3. The molecule has 114 valence electrons. The largest absolute Gasteiger partial charge is 0.308 e. The van der Waals surface area contributed by atoms with Crippen molar-refractivity contribution in [3.8, 4) is 5.69 Å². The molecule has 0 spiro atoms. The normalized spacial score (nSPS) is 13.6. The Bertz CT molecular complexity index is 557. The molecular formula is C17H26N4. The van der Waals surface area contributed by atoms with E-state index in [2.05, 4.69) is 68.5 Å². The Kier molecular flexibility index (Phi) is 4.80. The molecule has 1 unspecified atom stereocenters. The average molecular weight is 286 g/mol. The SMILES string of the molecule is CC(NCC(C)(C)N(C)C)c1cnn(-c2ccccc2)c1. The molecule has 0 saturated heterocycles. The van der Waals surface area contributed by atoms with Crippen LogP contribution < -0.4 is 5.32 Å². The fraction of sp³-hybridized carbons (Fsp3) is 0.471. The molecule has 1 N–H and O–H groups in total. The molecule has 2 aromatic rings. The second kappa shape index (κ2) is 6.41. The molecule has 0 amide bonds. The highest BCUT2D eigenvalue weighted by Crippen LogP contribution is 2.16. The van der Waals surface area contributed by atoms with Crippen LogP contribution in [0.15, 0.2) is 42.7 Å². The topological polar surface area (TPSA) is 33.1 Å². The third kappa shape index (κ3) is 3.93. The first-order chi connectivity index (χ1) is 9.90. The Morgan fingerprint density at radius 3 is 2.52 bits per heavy atom. The van der Waals surface area contributed by atoms with Crippen LogP contribution in [0.25, 0.3) is 5.69 Å². The van der Waals surface area contributed by atoms with Gasteiger partial charge >= 0.3 is 0 Å². The van der Waals surface area contributed by atoms with Gasteiger partial charge in [-0.15, -0.1) is 0 Å². The van der Waals surface area contributed by atoms with Gasteiger partial charge in [0, 0.05) is 29.9 Å². The van der Waals surface area contributed by atoms with Crippen LogP contribution in [0.3, 0.4) is 0 Å². The van der Waals surface area contributed by atoms with E-state index in [1.54, 1.807) is 0 Å².